The molecule has 1 aliphatic rings. The van der Waals surface area contributed by atoms with Gasteiger partial charge in [0.1, 0.15) is 0 Å². The molecule has 0 saturated carbocycles. The Morgan fingerprint density at radius 3 is 2.22 bits per heavy atom. The molecule has 2 rings (SSSR count). The van der Waals surface area contributed by atoms with Crippen LogP contribution in [0.25, 0.3) is 0 Å². The van der Waals surface area contributed by atoms with Crippen LogP contribution in [0.3, 0.4) is 0 Å². The zero-order valence-electron chi connectivity index (χ0n) is 12.4. The van der Waals surface area contributed by atoms with Gasteiger partial charge in [0.05, 0.1) is 10.9 Å². The van der Waals surface area contributed by atoms with Gasteiger partial charge in [-0.3, -0.25) is 4.79 Å². The average Bonchev–Trinajstić information content (AvgIpc) is 2.54. The molecule has 23 heavy (non-hydrogen) atoms. The fraction of sp³-hybridized carbons (Fsp3) is 0.333. The molecular formula is C15H17N2O5S-. The van der Waals surface area contributed by atoms with Crippen LogP contribution in [0.4, 0.5) is 5.69 Å². The van der Waals surface area contributed by atoms with Gasteiger partial charge in [0, 0.05) is 24.9 Å². The van der Waals surface area contributed by atoms with Crippen LogP contribution >= 0.6 is 0 Å². The van der Waals surface area contributed by atoms with Gasteiger partial charge in [0.2, 0.25) is 15.9 Å². The highest BCUT2D eigenvalue weighted by molar-refractivity contribution is 7.89. The van der Waals surface area contributed by atoms with Crippen LogP contribution in [-0.4, -0.2) is 37.7 Å². The lowest BCUT2D eigenvalue weighted by Crippen LogP contribution is -2.35. The summed E-state index contributed by atoms with van der Waals surface area (Å²) in [6.45, 7) is 1.05. The number of hydrogen-bond donors (Lipinski definition) is 1. The number of rotatable bonds is 5. The van der Waals surface area contributed by atoms with Crippen LogP contribution in [0.1, 0.15) is 19.3 Å². The number of benzene rings is 1. The molecule has 0 radical (unpaired) electrons. The number of amides is 1. The third kappa shape index (κ3) is 4.64. The van der Waals surface area contributed by atoms with Crippen molar-refractivity contribution in [3.63, 3.8) is 0 Å². The Labute approximate surface area is 134 Å². The molecule has 7 nitrogen and oxygen atoms in total. The minimum Gasteiger partial charge on any atom is -0.545 e. The first-order valence-electron chi connectivity index (χ1n) is 7.20. The molecule has 0 aromatic heterocycles. The summed E-state index contributed by atoms with van der Waals surface area (Å²) >= 11 is 0. The van der Waals surface area contributed by atoms with Crippen LogP contribution in [0.5, 0.6) is 0 Å². The fourth-order valence-electron chi connectivity index (χ4n) is 2.29. The molecule has 124 valence electrons. The van der Waals surface area contributed by atoms with Gasteiger partial charge in [-0.05, 0) is 43.2 Å². The highest BCUT2D eigenvalue weighted by Crippen LogP contribution is 2.21. The van der Waals surface area contributed by atoms with E-state index in [9.17, 15) is 23.1 Å². The number of piperidine rings is 1. The largest absolute Gasteiger partial charge is 0.545 e. The quantitative estimate of drug-likeness (QED) is 0.767. The summed E-state index contributed by atoms with van der Waals surface area (Å²) in [5.74, 6) is -2.11. The molecule has 0 spiro atoms. The molecule has 1 amide bonds. The number of anilines is 1. The maximum Gasteiger partial charge on any atom is 0.248 e. The van der Waals surface area contributed by atoms with Crippen LogP contribution in [-0.2, 0) is 19.6 Å². The average molecular weight is 337 g/mol. The van der Waals surface area contributed by atoms with Crippen molar-refractivity contribution in [3.05, 3.63) is 36.4 Å². The van der Waals surface area contributed by atoms with Crippen molar-refractivity contribution < 1.29 is 23.1 Å². The van der Waals surface area contributed by atoms with Crippen molar-refractivity contribution >= 4 is 27.6 Å². The van der Waals surface area contributed by atoms with Crippen LogP contribution < -0.4 is 10.4 Å². The second-order valence-electron chi connectivity index (χ2n) is 5.13. The lowest BCUT2D eigenvalue weighted by Gasteiger charge is -2.25. The Morgan fingerprint density at radius 2 is 1.65 bits per heavy atom. The van der Waals surface area contributed by atoms with E-state index in [1.807, 2.05) is 0 Å². The molecule has 1 saturated heterocycles. The summed E-state index contributed by atoms with van der Waals surface area (Å²) in [4.78, 5) is 21.8. The summed E-state index contributed by atoms with van der Waals surface area (Å²) in [5.41, 5.74) is 0.371. The number of carboxylic acid groups (broad SMARTS) is 1. The topological polar surface area (TPSA) is 107 Å². The van der Waals surface area contributed by atoms with E-state index in [-0.39, 0.29) is 4.90 Å². The van der Waals surface area contributed by atoms with Gasteiger partial charge >= 0.3 is 0 Å². The zero-order valence-corrected chi connectivity index (χ0v) is 13.2. The van der Waals surface area contributed by atoms with Crippen LogP contribution in [0.2, 0.25) is 0 Å². The normalized spacial score (nSPS) is 16.3. The highest BCUT2D eigenvalue weighted by Gasteiger charge is 2.25. The molecular weight excluding hydrogens is 320 g/mol. The van der Waals surface area contributed by atoms with Crippen molar-refractivity contribution in [2.45, 2.75) is 24.2 Å². The van der Waals surface area contributed by atoms with Crippen LogP contribution in [0, 0.1) is 0 Å². The molecule has 1 aromatic rings. The van der Waals surface area contributed by atoms with E-state index >= 15 is 0 Å². The Bertz CT molecular complexity index is 704. The second-order valence-corrected chi connectivity index (χ2v) is 7.07. The number of carbonyl (C=O) groups is 2. The predicted molar refractivity (Wildman–Crippen MR) is 81.8 cm³/mol. The van der Waals surface area contributed by atoms with Crippen LogP contribution in [0.15, 0.2) is 41.3 Å². The number of sulfonamides is 1. The molecule has 1 aromatic carbocycles. The number of carboxylic acids is 1. The molecule has 1 fully saturated rings. The molecule has 8 heteroatoms. The van der Waals surface area contributed by atoms with Gasteiger partial charge in [0.15, 0.2) is 0 Å². The third-order valence-corrected chi connectivity index (χ3v) is 5.36. The maximum absolute atomic E-state index is 12.5. The van der Waals surface area contributed by atoms with Gasteiger partial charge in [-0.15, -0.1) is 0 Å². The van der Waals surface area contributed by atoms with Gasteiger partial charge < -0.3 is 15.2 Å². The Balaban J connectivity index is 2.07. The third-order valence-electron chi connectivity index (χ3n) is 3.45. The first-order valence-corrected chi connectivity index (χ1v) is 8.64. The number of nitrogens with zero attached hydrogens (tertiary/aromatic N) is 1. The first kappa shape index (κ1) is 17.2. The number of hydrogen-bond acceptors (Lipinski definition) is 5. The number of aliphatic carboxylic acids is 1. The highest BCUT2D eigenvalue weighted by atomic mass is 32.2. The molecule has 1 heterocycles. The van der Waals surface area contributed by atoms with Gasteiger partial charge in [-0.1, -0.05) is 6.42 Å². The smallest absolute Gasteiger partial charge is 0.248 e. The summed E-state index contributed by atoms with van der Waals surface area (Å²) in [5, 5.41) is 12.6. The van der Waals surface area contributed by atoms with Crippen molar-refractivity contribution in [1.29, 1.82) is 0 Å². The molecule has 0 atom stereocenters. The second kappa shape index (κ2) is 7.38. The fourth-order valence-corrected chi connectivity index (χ4v) is 3.81. The van der Waals surface area contributed by atoms with E-state index in [0.717, 1.165) is 25.3 Å². The van der Waals surface area contributed by atoms with Crippen molar-refractivity contribution in [2.24, 2.45) is 0 Å². The lowest BCUT2D eigenvalue weighted by atomic mass is 10.2. The van der Waals surface area contributed by atoms with E-state index in [2.05, 4.69) is 5.32 Å². The van der Waals surface area contributed by atoms with Gasteiger partial charge in [-0.2, -0.15) is 4.31 Å². The molecule has 1 aliphatic heterocycles. The minimum absolute atomic E-state index is 0.169. The predicted octanol–water partition coefficient (Wildman–Crippen LogP) is 0.106. The minimum atomic E-state index is -3.51. The first-order chi connectivity index (χ1) is 10.9. The number of carbonyl (C=O) groups excluding carboxylic acids is 2. The lowest BCUT2D eigenvalue weighted by molar-refractivity contribution is -0.297. The van der Waals surface area contributed by atoms with E-state index in [0.29, 0.717) is 24.9 Å². The summed E-state index contributed by atoms with van der Waals surface area (Å²) < 4.78 is 26.4. The van der Waals surface area contributed by atoms with Crippen molar-refractivity contribution in [2.75, 3.05) is 18.4 Å². The molecule has 0 aliphatic carbocycles. The van der Waals surface area contributed by atoms with E-state index in [1.54, 1.807) is 0 Å². The standard InChI is InChI=1S/C15H18N2O5S/c18-14(8-9-15(19)20)16-12-4-6-13(7-5-12)23(21,22)17-10-2-1-3-11-17/h4-9H,1-3,10-11H2,(H,16,18)(H,19,20)/p-1. The van der Waals surface area contributed by atoms with Crippen molar-refractivity contribution in [3.8, 4) is 0 Å². The molecule has 1 N–H and O–H groups in total. The van der Waals surface area contributed by atoms with Gasteiger partial charge in [0.25, 0.3) is 0 Å². The van der Waals surface area contributed by atoms with E-state index in [1.165, 1.54) is 28.6 Å². The Hall–Kier alpha value is -2.19. The maximum atomic E-state index is 12.5. The van der Waals surface area contributed by atoms with Crippen molar-refractivity contribution in [1.82, 2.24) is 4.31 Å². The SMILES string of the molecule is O=C([O-])C=CC(=O)Nc1ccc(S(=O)(=O)N2CCCCC2)cc1. The Kier molecular flexibility index (Phi) is 5.51. The summed E-state index contributed by atoms with van der Waals surface area (Å²) in [7, 11) is -3.51. The summed E-state index contributed by atoms with van der Waals surface area (Å²) in [6, 6.07) is 5.76. The van der Waals surface area contributed by atoms with Gasteiger partial charge in [-0.25, -0.2) is 8.42 Å². The van der Waals surface area contributed by atoms with E-state index < -0.39 is 21.9 Å². The zero-order chi connectivity index (χ0) is 16.9. The van der Waals surface area contributed by atoms with E-state index in [4.69, 9.17) is 0 Å². The Morgan fingerprint density at radius 1 is 1.04 bits per heavy atom. The summed E-state index contributed by atoms with van der Waals surface area (Å²) in [6.07, 6.45) is 4.20. The number of nitrogens with one attached hydrogen (secondary N) is 1. The molecule has 0 bridgehead atoms. The molecule has 0 unspecified atom stereocenters. The monoisotopic (exact) mass is 337 g/mol.